The predicted octanol–water partition coefficient (Wildman–Crippen LogP) is 12.2. The summed E-state index contributed by atoms with van der Waals surface area (Å²) in [7, 11) is 0. The number of para-hydroxylation sites is 1. The van der Waals surface area contributed by atoms with E-state index in [2.05, 4.69) is 144 Å². The SMILES string of the molecule is c1ccc(-c2ccc(N(c3ccc4oc5ccccc5c4c3)c3cccc4sc5cc6ccccc6cc5c34)cc2)cc1. The van der Waals surface area contributed by atoms with Crippen LogP contribution in [0.1, 0.15) is 0 Å². The van der Waals surface area contributed by atoms with E-state index in [1.54, 1.807) is 0 Å². The molecule has 0 bridgehead atoms. The van der Waals surface area contributed by atoms with E-state index in [0.29, 0.717) is 0 Å². The summed E-state index contributed by atoms with van der Waals surface area (Å²) in [6.45, 7) is 0. The van der Waals surface area contributed by atoms with Crippen molar-refractivity contribution < 1.29 is 4.42 Å². The molecule has 0 N–H and O–H groups in total. The highest BCUT2D eigenvalue weighted by atomic mass is 32.1. The molecule has 0 unspecified atom stereocenters. The molecule has 7 aromatic carbocycles. The van der Waals surface area contributed by atoms with Crippen molar-refractivity contribution in [1.29, 1.82) is 0 Å². The number of rotatable bonds is 4. The van der Waals surface area contributed by atoms with Crippen molar-refractivity contribution in [2.45, 2.75) is 0 Å². The molecule has 0 aliphatic heterocycles. The maximum atomic E-state index is 6.20. The zero-order valence-electron chi connectivity index (χ0n) is 23.2. The van der Waals surface area contributed by atoms with E-state index in [4.69, 9.17) is 4.42 Å². The number of fused-ring (bicyclic) bond motifs is 7. The number of nitrogens with zero attached hydrogens (tertiary/aromatic N) is 1. The van der Waals surface area contributed by atoms with Gasteiger partial charge < -0.3 is 9.32 Å². The fourth-order valence-electron chi connectivity index (χ4n) is 6.39. The predicted molar refractivity (Wildman–Crippen MR) is 184 cm³/mol. The molecule has 0 saturated heterocycles. The number of anilines is 3. The van der Waals surface area contributed by atoms with Crippen LogP contribution in [0.2, 0.25) is 0 Å². The molecule has 0 atom stereocenters. The Kier molecular flexibility index (Phi) is 5.40. The van der Waals surface area contributed by atoms with Gasteiger partial charge in [-0.3, -0.25) is 0 Å². The van der Waals surface area contributed by atoms with Crippen LogP contribution in [0.15, 0.2) is 156 Å². The van der Waals surface area contributed by atoms with Crippen molar-refractivity contribution in [3.8, 4) is 11.1 Å². The first kappa shape index (κ1) is 24.2. The molecule has 2 nitrogen and oxygen atoms in total. The molecule has 0 amide bonds. The number of thiophene rings is 1. The summed E-state index contributed by atoms with van der Waals surface area (Å²) in [6, 6.07) is 54.3. The van der Waals surface area contributed by atoms with Crippen molar-refractivity contribution in [2.75, 3.05) is 4.90 Å². The number of benzene rings is 7. The molecule has 9 rings (SSSR count). The lowest BCUT2D eigenvalue weighted by Crippen LogP contribution is -2.10. The minimum Gasteiger partial charge on any atom is -0.456 e. The summed E-state index contributed by atoms with van der Waals surface area (Å²) in [5.41, 5.74) is 7.59. The lowest BCUT2D eigenvalue weighted by Gasteiger charge is -2.27. The van der Waals surface area contributed by atoms with Gasteiger partial charge in [-0.25, -0.2) is 0 Å². The largest absolute Gasteiger partial charge is 0.456 e. The summed E-state index contributed by atoms with van der Waals surface area (Å²) in [6.07, 6.45) is 0. The molecule has 2 heterocycles. The Morgan fingerprint density at radius 2 is 1.14 bits per heavy atom. The molecular weight excluding hydrogens is 543 g/mol. The Bertz CT molecular complexity index is 2450. The molecule has 43 heavy (non-hydrogen) atoms. The summed E-state index contributed by atoms with van der Waals surface area (Å²) in [5.74, 6) is 0. The maximum absolute atomic E-state index is 6.20. The van der Waals surface area contributed by atoms with E-state index in [1.807, 2.05) is 23.5 Å². The molecule has 0 radical (unpaired) electrons. The highest BCUT2D eigenvalue weighted by Gasteiger charge is 2.20. The smallest absolute Gasteiger partial charge is 0.135 e. The van der Waals surface area contributed by atoms with E-state index in [9.17, 15) is 0 Å². The van der Waals surface area contributed by atoms with Gasteiger partial charge in [0.2, 0.25) is 0 Å². The van der Waals surface area contributed by atoms with Crippen LogP contribution in [0.25, 0.3) is 64.0 Å². The highest BCUT2D eigenvalue weighted by molar-refractivity contribution is 7.26. The molecule has 0 saturated carbocycles. The number of hydrogen-bond donors (Lipinski definition) is 0. The molecule has 202 valence electrons. The second-order valence-corrected chi connectivity index (χ2v) is 12.1. The molecule has 9 aromatic rings. The van der Waals surface area contributed by atoms with Gasteiger partial charge in [0.1, 0.15) is 11.2 Å². The zero-order chi connectivity index (χ0) is 28.3. The van der Waals surface area contributed by atoms with Gasteiger partial charge in [-0.05, 0) is 82.6 Å². The minimum atomic E-state index is 0.898. The second-order valence-electron chi connectivity index (χ2n) is 11.0. The van der Waals surface area contributed by atoms with Crippen LogP contribution < -0.4 is 4.90 Å². The Labute approximate surface area is 252 Å². The lowest BCUT2D eigenvalue weighted by atomic mass is 10.0. The highest BCUT2D eigenvalue weighted by Crippen LogP contribution is 2.46. The van der Waals surface area contributed by atoms with Gasteiger partial charge in [0.05, 0.1) is 5.69 Å². The van der Waals surface area contributed by atoms with Gasteiger partial charge in [-0.1, -0.05) is 91.0 Å². The third-order valence-electron chi connectivity index (χ3n) is 8.43. The van der Waals surface area contributed by atoms with Gasteiger partial charge in [-0.15, -0.1) is 11.3 Å². The first-order valence-corrected chi connectivity index (χ1v) is 15.3. The monoisotopic (exact) mass is 567 g/mol. The van der Waals surface area contributed by atoms with Crippen molar-refractivity contribution in [3.05, 3.63) is 152 Å². The summed E-state index contributed by atoms with van der Waals surface area (Å²) in [5, 5.41) is 7.34. The maximum Gasteiger partial charge on any atom is 0.135 e. The van der Waals surface area contributed by atoms with Crippen LogP contribution >= 0.6 is 11.3 Å². The van der Waals surface area contributed by atoms with Crippen molar-refractivity contribution in [3.63, 3.8) is 0 Å². The molecule has 2 aromatic heterocycles. The van der Waals surface area contributed by atoms with E-state index in [1.165, 1.54) is 47.8 Å². The third-order valence-corrected chi connectivity index (χ3v) is 9.55. The fourth-order valence-corrected chi connectivity index (χ4v) is 7.55. The molecule has 0 aliphatic rings. The minimum absolute atomic E-state index is 0.898. The van der Waals surface area contributed by atoms with Crippen LogP contribution in [-0.2, 0) is 0 Å². The average Bonchev–Trinajstić information content (AvgIpc) is 3.62. The Balaban J connectivity index is 1.31. The first-order chi connectivity index (χ1) is 21.3. The van der Waals surface area contributed by atoms with Crippen LogP contribution in [-0.4, -0.2) is 0 Å². The summed E-state index contributed by atoms with van der Waals surface area (Å²) < 4.78 is 8.79. The second kappa shape index (κ2) is 9.59. The standard InChI is InChI=1S/C40H25NOS/c1-2-9-26(10-3-1)27-17-19-30(20-18-27)41(31-21-22-37-33(25-31)32-13-6-7-15-36(32)42-37)35-14-8-16-38-40(35)34-23-28-11-4-5-12-29(28)24-39(34)43-38/h1-25H. The molecular formula is C40H25NOS. The van der Waals surface area contributed by atoms with Gasteiger partial charge in [0.25, 0.3) is 0 Å². The van der Waals surface area contributed by atoms with E-state index in [0.717, 1.165) is 33.3 Å². The molecule has 3 heteroatoms. The first-order valence-electron chi connectivity index (χ1n) is 14.5. The van der Waals surface area contributed by atoms with Crippen molar-refractivity contribution in [2.24, 2.45) is 0 Å². The molecule has 0 spiro atoms. The quantitative estimate of drug-likeness (QED) is 0.210. The van der Waals surface area contributed by atoms with Crippen molar-refractivity contribution in [1.82, 2.24) is 0 Å². The Morgan fingerprint density at radius 3 is 2.00 bits per heavy atom. The fraction of sp³-hybridized carbons (Fsp3) is 0. The summed E-state index contributed by atoms with van der Waals surface area (Å²) in [4.78, 5) is 2.40. The van der Waals surface area contributed by atoms with E-state index < -0.39 is 0 Å². The Morgan fingerprint density at radius 1 is 0.442 bits per heavy atom. The zero-order valence-corrected chi connectivity index (χ0v) is 24.0. The lowest BCUT2D eigenvalue weighted by molar-refractivity contribution is 0.669. The topological polar surface area (TPSA) is 16.4 Å². The molecule has 0 fully saturated rings. The van der Waals surface area contributed by atoms with E-state index >= 15 is 0 Å². The van der Waals surface area contributed by atoms with Gasteiger partial charge in [0, 0.05) is 42.3 Å². The average molecular weight is 568 g/mol. The van der Waals surface area contributed by atoms with E-state index in [-0.39, 0.29) is 0 Å². The van der Waals surface area contributed by atoms with Crippen LogP contribution in [0, 0.1) is 0 Å². The summed E-state index contributed by atoms with van der Waals surface area (Å²) >= 11 is 1.86. The number of hydrogen-bond acceptors (Lipinski definition) is 3. The van der Waals surface area contributed by atoms with Gasteiger partial charge in [0.15, 0.2) is 0 Å². The van der Waals surface area contributed by atoms with Gasteiger partial charge in [-0.2, -0.15) is 0 Å². The number of furan rings is 1. The normalized spacial score (nSPS) is 11.7. The van der Waals surface area contributed by atoms with Gasteiger partial charge >= 0.3 is 0 Å². The molecule has 0 aliphatic carbocycles. The van der Waals surface area contributed by atoms with Crippen LogP contribution in [0.4, 0.5) is 17.1 Å². The third kappa shape index (κ3) is 3.93. The van der Waals surface area contributed by atoms with Crippen LogP contribution in [0.3, 0.4) is 0 Å². The Hall–Kier alpha value is -5.38. The van der Waals surface area contributed by atoms with Crippen LogP contribution in [0.5, 0.6) is 0 Å². The van der Waals surface area contributed by atoms with Crippen molar-refractivity contribution >= 4 is 81.3 Å².